The van der Waals surface area contributed by atoms with Gasteiger partial charge in [-0.05, 0) is 49.4 Å². The van der Waals surface area contributed by atoms with Gasteiger partial charge in [0.2, 0.25) is 10.0 Å². The molecule has 0 aliphatic carbocycles. The molecule has 0 aliphatic heterocycles. The van der Waals surface area contributed by atoms with Gasteiger partial charge in [-0.15, -0.1) is 13.2 Å². The van der Waals surface area contributed by atoms with Crippen molar-refractivity contribution < 1.29 is 27.5 Å². The summed E-state index contributed by atoms with van der Waals surface area (Å²) in [5.74, 6) is -0.952. The molecule has 3 aromatic rings. The van der Waals surface area contributed by atoms with E-state index >= 15 is 0 Å². The van der Waals surface area contributed by atoms with Gasteiger partial charge in [-0.1, -0.05) is 23.5 Å². The standard InChI is InChI=1S/C26H29N3O6S2/c1-5-14-28(15-6-2)37(32,33)21-11-8-19(9-12-21)24(30)27-26-29(16-17-34-4)22-13-10-20(18-23(22)36-26)25(31)35-7-3/h5-6,8-13,18H,1-2,7,14-17H2,3-4H3. The van der Waals surface area contributed by atoms with Crippen molar-refractivity contribution in [3.8, 4) is 0 Å². The first kappa shape index (κ1) is 28.2. The second-order valence-corrected chi connectivity index (χ2v) is 10.7. The number of thiazole rings is 1. The highest BCUT2D eigenvalue weighted by atomic mass is 32.2. The van der Waals surface area contributed by atoms with Gasteiger partial charge in [0, 0.05) is 32.3 Å². The molecule has 2 aromatic carbocycles. The Hall–Kier alpha value is -3.38. The largest absolute Gasteiger partial charge is 0.462 e. The zero-order valence-corrected chi connectivity index (χ0v) is 22.4. The lowest BCUT2D eigenvalue weighted by molar-refractivity contribution is 0.0526. The van der Waals surface area contributed by atoms with Gasteiger partial charge < -0.3 is 14.0 Å². The van der Waals surface area contributed by atoms with Crippen molar-refractivity contribution in [2.24, 2.45) is 4.99 Å². The van der Waals surface area contributed by atoms with Crippen molar-refractivity contribution in [3.63, 3.8) is 0 Å². The Morgan fingerprint density at radius 2 is 1.73 bits per heavy atom. The number of benzene rings is 2. The number of aromatic nitrogens is 1. The van der Waals surface area contributed by atoms with Gasteiger partial charge in [-0.3, -0.25) is 4.79 Å². The molecule has 1 amide bonds. The number of hydrogen-bond acceptors (Lipinski definition) is 7. The zero-order valence-electron chi connectivity index (χ0n) is 20.8. The molecule has 0 bridgehead atoms. The van der Waals surface area contributed by atoms with Gasteiger partial charge in [0.15, 0.2) is 4.80 Å². The fourth-order valence-corrected chi connectivity index (χ4v) is 6.00. The molecular formula is C26H29N3O6S2. The third-order valence-electron chi connectivity index (χ3n) is 5.31. The molecule has 0 saturated heterocycles. The van der Waals surface area contributed by atoms with Crippen molar-refractivity contribution in [2.45, 2.75) is 18.4 Å². The first-order valence-electron chi connectivity index (χ1n) is 11.5. The van der Waals surface area contributed by atoms with Gasteiger partial charge in [0.25, 0.3) is 5.91 Å². The summed E-state index contributed by atoms with van der Waals surface area (Å²) in [4.78, 5) is 29.9. The fourth-order valence-electron chi connectivity index (χ4n) is 3.53. The van der Waals surface area contributed by atoms with Crippen LogP contribution in [-0.2, 0) is 26.0 Å². The van der Waals surface area contributed by atoms with E-state index in [-0.39, 0.29) is 30.2 Å². The fraction of sp³-hybridized carbons (Fsp3) is 0.269. The third-order valence-corrected chi connectivity index (χ3v) is 8.20. The molecule has 11 heteroatoms. The van der Waals surface area contributed by atoms with Crippen LogP contribution >= 0.6 is 11.3 Å². The highest BCUT2D eigenvalue weighted by Gasteiger charge is 2.22. The average Bonchev–Trinajstić information content (AvgIpc) is 3.23. The number of methoxy groups -OCH3 is 1. The molecule has 9 nitrogen and oxygen atoms in total. The van der Waals surface area contributed by atoms with Gasteiger partial charge >= 0.3 is 5.97 Å². The molecule has 0 atom stereocenters. The maximum absolute atomic E-state index is 13.0. The van der Waals surface area contributed by atoms with Gasteiger partial charge in [-0.2, -0.15) is 9.30 Å². The summed E-state index contributed by atoms with van der Waals surface area (Å²) in [6.45, 7) is 10.3. The second-order valence-electron chi connectivity index (χ2n) is 7.77. The van der Waals surface area contributed by atoms with Crippen LogP contribution in [0.4, 0.5) is 0 Å². The molecule has 0 spiro atoms. The van der Waals surface area contributed by atoms with E-state index in [4.69, 9.17) is 9.47 Å². The van der Waals surface area contributed by atoms with Crippen molar-refractivity contribution in [1.82, 2.24) is 8.87 Å². The van der Waals surface area contributed by atoms with Crippen LogP contribution in [0.15, 0.2) is 77.7 Å². The number of carbonyl (C=O) groups is 2. The Morgan fingerprint density at radius 1 is 1.08 bits per heavy atom. The van der Waals surface area contributed by atoms with Gasteiger partial charge in [-0.25, -0.2) is 13.2 Å². The van der Waals surface area contributed by atoms with E-state index in [1.165, 1.54) is 52.1 Å². The van der Waals surface area contributed by atoms with Crippen LogP contribution in [0.1, 0.15) is 27.6 Å². The van der Waals surface area contributed by atoms with Crippen LogP contribution in [0.3, 0.4) is 0 Å². The first-order valence-corrected chi connectivity index (χ1v) is 13.7. The third kappa shape index (κ3) is 6.50. The maximum atomic E-state index is 13.0. The molecular weight excluding hydrogens is 514 g/mol. The summed E-state index contributed by atoms with van der Waals surface area (Å²) in [7, 11) is -2.20. The van der Waals surface area contributed by atoms with Crippen LogP contribution in [0.5, 0.6) is 0 Å². The highest BCUT2D eigenvalue weighted by Crippen LogP contribution is 2.21. The number of hydrogen-bond donors (Lipinski definition) is 0. The lowest BCUT2D eigenvalue weighted by atomic mass is 10.2. The summed E-state index contributed by atoms with van der Waals surface area (Å²) < 4.78 is 40.0. The number of nitrogens with zero attached hydrogens (tertiary/aromatic N) is 3. The molecule has 37 heavy (non-hydrogen) atoms. The number of sulfonamides is 1. The van der Waals surface area contributed by atoms with E-state index < -0.39 is 21.9 Å². The van der Waals surface area contributed by atoms with Crippen molar-refractivity contribution in [1.29, 1.82) is 0 Å². The minimum atomic E-state index is -3.78. The first-order chi connectivity index (χ1) is 17.8. The van der Waals surface area contributed by atoms with E-state index in [1.807, 2.05) is 4.57 Å². The molecule has 1 heterocycles. The molecule has 0 radical (unpaired) electrons. The van der Waals surface area contributed by atoms with Crippen molar-refractivity contribution in [3.05, 3.63) is 83.7 Å². The normalized spacial score (nSPS) is 12.1. The smallest absolute Gasteiger partial charge is 0.338 e. The monoisotopic (exact) mass is 543 g/mol. The topological polar surface area (TPSA) is 107 Å². The SMILES string of the molecule is C=CCN(CC=C)S(=O)(=O)c1ccc(C(=O)N=c2sc3cc(C(=O)OCC)ccc3n2CCOC)cc1. The Kier molecular flexibility index (Phi) is 9.70. The molecule has 0 N–H and O–H groups in total. The molecule has 0 saturated carbocycles. The van der Waals surface area contributed by atoms with Crippen molar-refractivity contribution >= 4 is 43.5 Å². The predicted octanol–water partition coefficient (Wildman–Crippen LogP) is 3.63. The Labute approximate surface area is 220 Å². The lowest BCUT2D eigenvalue weighted by Crippen LogP contribution is -2.31. The molecule has 0 aliphatic rings. The highest BCUT2D eigenvalue weighted by molar-refractivity contribution is 7.89. The second kappa shape index (κ2) is 12.7. The predicted molar refractivity (Wildman–Crippen MR) is 143 cm³/mol. The summed E-state index contributed by atoms with van der Waals surface area (Å²) in [6.07, 6.45) is 2.99. The lowest BCUT2D eigenvalue weighted by Gasteiger charge is -2.19. The molecule has 196 valence electrons. The van der Waals surface area contributed by atoms with Gasteiger partial charge in [0.1, 0.15) is 0 Å². The quantitative estimate of drug-likeness (QED) is 0.255. The Balaban J connectivity index is 1.98. The van der Waals surface area contributed by atoms with Crippen LogP contribution < -0.4 is 4.80 Å². The van der Waals surface area contributed by atoms with Gasteiger partial charge in [0.05, 0.1) is 33.9 Å². The number of ether oxygens (including phenoxy) is 2. The Morgan fingerprint density at radius 3 is 2.32 bits per heavy atom. The van der Waals surface area contributed by atoms with E-state index in [2.05, 4.69) is 18.2 Å². The minimum absolute atomic E-state index is 0.0521. The van der Waals surface area contributed by atoms with E-state index in [1.54, 1.807) is 32.2 Å². The van der Waals surface area contributed by atoms with E-state index in [9.17, 15) is 18.0 Å². The summed E-state index contributed by atoms with van der Waals surface area (Å²) in [6, 6.07) is 10.8. The summed E-state index contributed by atoms with van der Waals surface area (Å²) >= 11 is 1.26. The van der Waals surface area contributed by atoms with Crippen LogP contribution in [0.25, 0.3) is 10.2 Å². The number of rotatable bonds is 12. The van der Waals surface area contributed by atoms with E-state index in [0.717, 1.165) is 10.2 Å². The summed E-state index contributed by atoms with van der Waals surface area (Å²) in [5, 5.41) is 0. The molecule has 0 fully saturated rings. The minimum Gasteiger partial charge on any atom is -0.462 e. The van der Waals surface area contributed by atoms with Crippen LogP contribution in [-0.4, -0.2) is 62.6 Å². The zero-order chi connectivity index (χ0) is 27.0. The summed E-state index contributed by atoms with van der Waals surface area (Å²) in [5.41, 5.74) is 1.44. The molecule has 3 rings (SSSR count). The Bertz CT molecular complexity index is 1460. The number of fused-ring (bicyclic) bond motifs is 1. The molecule has 1 aromatic heterocycles. The molecule has 0 unspecified atom stereocenters. The van der Waals surface area contributed by atoms with E-state index in [0.29, 0.717) is 23.5 Å². The van der Waals surface area contributed by atoms with Crippen LogP contribution in [0.2, 0.25) is 0 Å². The number of esters is 1. The van der Waals surface area contributed by atoms with Crippen molar-refractivity contribution in [2.75, 3.05) is 33.4 Å². The number of amides is 1. The van der Waals surface area contributed by atoms with Crippen LogP contribution in [0, 0.1) is 0 Å². The maximum Gasteiger partial charge on any atom is 0.338 e. The average molecular weight is 544 g/mol. The number of carbonyl (C=O) groups excluding carboxylic acids is 2.